The van der Waals surface area contributed by atoms with Gasteiger partial charge in [0.05, 0.1) is 7.11 Å². The quantitative estimate of drug-likeness (QED) is 0.656. The Labute approximate surface area is 135 Å². The first-order chi connectivity index (χ1) is 10.7. The van der Waals surface area contributed by atoms with E-state index in [0.717, 1.165) is 21.2 Å². The summed E-state index contributed by atoms with van der Waals surface area (Å²) in [6.07, 6.45) is 0. The molecular formula is C17H13BrO4. The molecule has 0 saturated carbocycles. The van der Waals surface area contributed by atoms with Gasteiger partial charge in [0.15, 0.2) is 0 Å². The van der Waals surface area contributed by atoms with Crippen LogP contribution in [0.1, 0.15) is 5.56 Å². The lowest BCUT2D eigenvalue weighted by atomic mass is 10.2. The highest BCUT2D eigenvalue weighted by Gasteiger charge is 2.08. The summed E-state index contributed by atoms with van der Waals surface area (Å²) in [5.41, 5.74) is 0.937. The molecule has 1 heterocycles. The summed E-state index contributed by atoms with van der Waals surface area (Å²) in [7, 11) is 1.60. The molecule has 3 aromatic rings. The van der Waals surface area contributed by atoms with Crippen LogP contribution in [0.5, 0.6) is 11.5 Å². The van der Waals surface area contributed by atoms with Crippen molar-refractivity contribution in [3.8, 4) is 11.5 Å². The van der Waals surface area contributed by atoms with E-state index in [9.17, 15) is 4.79 Å². The summed E-state index contributed by atoms with van der Waals surface area (Å²) in [4.78, 5) is 11.9. The lowest BCUT2D eigenvalue weighted by Crippen LogP contribution is -2.07. The molecule has 0 N–H and O–H groups in total. The van der Waals surface area contributed by atoms with Gasteiger partial charge in [-0.2, -0.15) is 0 Å². The molecule has 0 saturated heterocycles. The number of methoxy groups -OCH3 is 1. The van der Waals surface area contributed by atoms with Gasteiger partial charge < -0.3 is 13.9 Å². The van der Waals surface area contributed by atoms with E-state index in [-0.39, 0.29) is 12.4 Å². The first kappa shape index (κ1) is 14.7. The highest BCUT2D eigenvalue weighted by atomic mass is 79.9. The summed E-state index contributed by atoms with van der Waals surface area (Å²) in [5, 5.41) is 0.821. The van der Waals surface area contributed by atoms with Gasteiger partial charge in [0.1, 0.15) is 17.9 Å². The molecule has 0 fully saturated rings. The number of ether oxygens (including phenoxy) is 2. The average Bonchev–Trinajstić information content (AvgIpc) is 2.54. The summed E-state index contributed by atoms with van der Waals surface area (Å²) in [6.45, 7) is 0.237. The van der Waals surface area contributed by atoms with Gasteiger partial charge in [-0.15, -0.1) is 0 Å². The normalized spacial score (nSPS) is 10.6. The molecule has 0 atom stereocenters. The van der Waals surface area contributed by atoms with Gasteiger partial charge in [-0.3, -0.25) is 0 Å². The third-order valence-corrected chi connectivity index (χ3v) is 4.02. The Bertz CT molecular complexity index is 870. The second-order valence-corrected chi connectivity index (χ2v) is 5.54. The minimum atomic E-state index is -0.488. The zero-order chi connectivity index (χ0) is 15.5. The van der Waals surface area contributed by atoms with Crippen molar-refractivity contribution >= 4 is 26.9 Å². The molecule has 112 valence electrons. The molecule has 0 aliphatic carbocycles. The molecule has 4 nitrogen and oxygen atoms in total. The van der Waals surface area contributed by atoms with Gasteiger partial charge >= 0.3 is 5.63 Å². The molecule has 0 spiro atoms. The number of para-hydroxylation sites is 1. The second kappa shape index (κ2) is 6.23. The number of hydrogen-bond donors (Lipinski definition) is 0. The summed E-state index contributed by atoms with van der Waals surface area (Å²) < 4.78 is 16.9. The van der Waals surface area contributed by atoms with E-state index in [1.807, 2.05) is 36.4 Å². The van der Waals surface area contributed by atoms with E-state index in [4.69, 9.17) is 13.9 Å². The van der Waals surface area contributed by atoms with Crippen molar-refractivity contribution in [2.24, 2.45) is 0 Å². The van der Waals surface area contributed by atoms with Crippen LogP contribution in [0.3, 0.4) is 0 Å². The monoisotopic (exact) mass is 360 g/mol. The fraction of sp³-hybridized carbons (Fsp3) is 0.118. The minimum absolute atomic E-state index is 0.188. The number of halogens is 1. The largest absolute Gasteiger partial charge is 0.497 e. The second-order valence-electron chi connectivity index (χ2n) is 4.68. The minimum Gasteiger partial charge on any atom is -0.497 e. The van der Waals surface area contributed by atoms with Crippen LogP contribution in [0, 0.1) is 0 Å². The van der Waals surface area contributed by atoms with Gasteiger partial charge in [0.25, 0.3) is 0 Å². The zero-order valence-corrected chi connectivity index (χ0v) is 13.4. The Kier molecular flexibility index (Phi) is 4.15. The first-order valence-electron chi connectivity index (χ1n) is 6.65. The van der Waals surface area contributed by atoms with Crippen molar-refractivity contribution in [2.75, 3.05) is 7.11 Å². The van der Waals surface area contributed by atoms with Crippen molar-refractivity contribution in [1.82, 2.24) is 0 Å². The fourth-order valence-electron chi connectivity index (χ4n) is 2.09. The lowest BCUT2D eigenvalue weighted by molar-refractivity contribution is 0.289. The predicted molar refractivity (Wildman–Crippen MR) is 87.5 cm³/mol. The zero-order valence-electron chi connectivity index (χ0n) is 11.8. The van der Waals surface area contributed by atoms with Gasteiger partial charge in [-0.1, -0.05) is 34.1 Å². The SMILES string of the molecule is COc1ccc(Br)c(COc2cc3ccccc3oc2=O)c1. The average molecular weight is 361 g/mol. The van der Waals surface area contributed by atoms with Crippen molar-refractivity contribution in [3.05, 3.63) is 69.0 Å². The van der Waals surface area contributed by atoms with Crippen LogP contribution in [0.4, 0.5) is 0 Å². The van der Waals surface area contributed by atoms with E-state index >= 15 is 0 Å². The van der Waals surface area contributed by atoms with Crippen LogP contribution in [0.15, 0.2) is 62.2 Å². The molecular weight excluding hydrogens is 348 g/mol. The molecule has 1 aromatic heterocycles. The molecule has 2 aromatic carbocycles. The molecule has 3 rings (SSSR count). The standard InChI is InChI=1S/C17H13BrO4/c1-20-13-6-7-14(18)12(8-13)10-21-16-9-11-4-2-3-5-15(11)22-17(16)19/h2-9H,10H2,1H3. The maximum Gasteiger partial charge on any atom is 0.379 e. The summed E-state index contributed by atoms with van der Waals surface area (Å²) >= 11 is 3.45. The number of rotatable bonds is 4. The molecule has 0 radical (unpaired) electrons. The number of hydrogen-bond acceptors (Lipinski definition) is 4. The third-order valence-electron chi connectivity index (χ3n) is 3.25. The van der Waals surface area contributed by atoms with Crippen molar-refractivity contribution in [3.63, 3.8) is 0 Å². The molecule has 0 aliphatic heterocycles. The van der Waals surface area contributed by atoms with E-state index in [2.05, 4.69) is 15.9 Å². The Morgan fingerprint density at radius 3 is 2.77 bits per heavy atom. The van der Waals surface area contributed by atoms with Gasteiger partial charge in [0.2, 0.25) is 5.75 Å². The maximum absolute atomic E-state index is 11.9. The maximum atomic E-state index is 11.9. The fourth-order valence-corrected chi connectivity index (χ4v) is 2.45. The Hall–Kier alpha value is -2.27. The van der Waals surface area contributed by atoms with Crippen LogP contribution in [0.2, 0.25) is 0 Å². The highest BCUT2D eigenvalue weighted by Crippen LogP contribution is 2.24. The summed E-state index contributed by atoms with van der Waals surface area (Å²) in [6, 6.07) is 14.6. The van der Waals surface area contributed by atoms with Gasteiger partial charge in [-0.25, -0.2) is 4.79 Å². The van der Waals surface area contributed by atoms with E-state index in [1.54, 1.807) is 19.2 Å². The third kappa shape index (κ3) is 2.99. The molecule has 0 amide bonds. The lowest BCUT2D eigenvalue weighted by Gasteiger charge is -2.09. The number of fused-ring (bicyclic) bond motifs is 1. The first-order valence-corrected chi connectivity index (χ1v) is 7.45. The molecule has 0 unspecified atom stereocenters. The Balaban J connectivity index is 1.88. The molecule has 0 bridgehead atoms. The molecule has 22 heavy (non-hydrogen) atoms. The predicted octanol–water partition coefficient (Wildman–Crippen LogP) is 4.14. The molecule has 5 heteroatoms. The van der Waals surface area contributed by atoms with Crippen LogP contribution in [-0.4, -0.2) is 7.11 Å². The number of benzene rings is 2. The van der Waals surface area contributed by atoms with Crippen LogP contribution in [-0.2, 0) is 6.61 Å². The Morgan fingerprint density at radius 1 is 1.14 bits per heavy atom. The van der Waals surface area contributed by atoms with Crippen molar-refractivity contribution in [2.45, 2.75) is 6.61 Å². The van der Waals surface area contributed by atoms with E-state index < -0.39 is 5.63 Å². The highest BCUT2D eigenvalue weighted by molar-refractivity contribution is 9.10. The van der Waals surface area contributed by atoms with Crippen molar-refractivity contribution < 1.29 is 13.9 Å². The van der Waals surface area contributed by atoms with E-state index in [0.29, 0.717) is 5.58 Å². The summed E-state index contributed by atoms with van der Waals surface area (Å²) in [5.74, 6) is 0.917. The van der Waals surface area contributed by atoms with Gasteiger partial charge in [0, 0.05) is 15.4 Å². The molecule has 0 aliphatic rings. The van der Waals surface area contributed by atoms with Crippen LogP contribution < -0.4 is 15.1 Å². The van der Waals surface area contributed by atoms with Crippen LogP contribution in [0.25, 0.3) is 11.0 Å². The van der Waals surface area contributed by atoms with Crippen molar-refractivity contribution in [1.29, 1.82) is 0 Å². The van der Waals surface area contributed by atoms with Gasteiger partial charge in [-0.05, 0) is 30.3 Å². The van der Waals surface area contributed by atoms with Crippen LogP contribution >= 0.6 is 15.9 Å². The smallest absolute Gasteiger partial charge is 0.379 e. The van der Waals surface area contributed by atoms with E-state index in [1.165, 1.54) is 0 Å². The topological polar surface area (TPSA) is 48.7 Å². The Morgan fingerprint density at radius 2 is 1.95 bits per heavy atom.